The van der Waals surface area contributed by atoms with Crippen LogP contribution in [-0.4, -0.2) is 36.5 Å². The molecule has 0 saturated carbocycles. The molecule has 0 aliphatic rings. The zero-order chi connectivity index (χ0) is 20.5. The summed E-state index contributed by atoms with van der Waals surface area (Å²) in [5, 5.41) is 12.6. The SMILES string of the molecule is Cc1cc(C)n(CC(C)NC(=O)c2cc(-c3cnn(C)c3)nc3ccccc23)n1. The van der Waals surface area contributed by atoms with Gasteiger partial charge in [0.2, 0.25) is 0 Å². The van der Waals surface area contributed by atoms with Gasteiger partial charge in [0.1, 0.15) is 0 Å². The molecule has 0 spiro atoms. The second kappa shape index (κ2) is 7.50. The molecule has 0 aliphatic heterocycles. The molecule has 1 aromatic carbocycles. The Balaban J connectivity index is 1.64. The number of benzene rings is 1. The minimum absolute atomic E-state index is 0.0748. The highest BCUT2D eigenvalue weighted by Crippen LogP contribution is 2.24. The Kier molecular flexibility index (Phi) is 4.88. The number of para-hydroxylation sites is 1. The van der Waals surface area contributed by atoms with E-state index in [-0.39, 0.29) is 11.9 Å². The summed E-state index contributed by atoms with van der Waals surface area (Å²) in [6.07, 6.45) is 3.65. The minimum atomic E-state index is -0.122. The summed E-state index contributed by atoms with van der Waals surface area (Å²) in [6, 6.07) is 11.5. The monoisotopic (exact) mass is 388 g/mol. The molecule has 7 nitrogen and oxygen atoms in total. The molecule has 1 unspecified atom stereocenters. The first-order chi connectivity index (χ1) is 13.9. The van der Waals surface area contributed by atoms with Crippen molar-refractivity contribution in [1.82, 2.24) is 29.9 Å². The van der Waals surface area contributed by atoms with Crippen LogP contribution >= 0.6 is 0 Å². The van der Waals surface area contributed by atoms with Gasteiger partial charge in [-0.3, -0.25) is 14.2 Å². The van der Waals surface area contributed by atoms with Crippen molar-refractivity contribution in [1.29, 1.82) is 0 Å². The summed E-state index contributed by atoms with van der Waals surface area (Å²) in [6.45, 7) is 6.59. The fraction of sp³-hybridized carbons (Fsp3) is 0.273. The average Bonchev–Trinajstić information content (AvgIpc) is 3.25. The lowest BCUT2D eigenvalue weighted by molar-refractivity contribution is 0.0937. The van der Waals surface area contributed by atoms with Crippen molar-refractivity contribution in [2.45, 2.75) is 33.4 Å². The first-order valence-corrected chi connectivity index (χ1v) is 9.61. The summed E-state index contributed by atoms with van der Waals surface area (Å²) >= 11 is 0. The van der Waals surface area contributed by atoms with E-state index in [2.05, 4.69) is 15.5 Å². The summed E-state index contributed by atoms with van der Waals surface area (Å²) in [5.74, 6) is -0.122. The molecular formula is C22H24N6O. The molecule has 4 aromatic rings. The van der Waals surface area contributed by atoms with E-state index >= 15 is 0 Å². The molecule has 3 aromatic heterocycles. The summed E-state index contributed by atoms with van der Waals surface area (Å²) in [5.41, 5.74) is 5.05. The van der Waals surface area contributed by atoms with Gasteiger partial charge in [-0.25, -0.2) is 4.98 Å². The number of hydrogen-bond acceptors (Lipinski definition) is 4. The van der Waals surface area contributed by atoms with E-state index in [4.69, 9.17) is 4.98 Å². The van der Waals surface area contributed by atoms with E-state index in [0.717, 1.165) is 33.5 Å². The molecule has 1 N–H and O–H groups in total. The number of carbonyl (C=O) groups excluding carboxylic acids is 1. The van der Waals surface area contributed by atoms with Crippen LogP contribution in [0.3, 0.4) is 0 Å². The van der Waals surface area contributed by atoms with Gasteiger partial charge < -0.3 is 5.32 Å². The Hall–Kier alpha value is -3.48. The van der Waals surface area contributed by atoms with Crippen LogP contribution in [-0.2, 0) is 13.6 Å². The first kappa shape index (κ1) is 18.9. The number of rotatable bonds is 5. The second-order valence-corrected chi connectivity index (χ2v) is 7.46. The number of nitrogens with one attached hydrogen (secondary N) is 1. The predicted molar refractivity (Wildman–Crippen MR) is 113 cm³/mol. The zero-order valence-electron chi connectivity index (χ0n) is 17.0. The van der Waals surface area contributed by atoms with Gasteiger partial charge in [0, 0.05) is 35.9 Å². The summed E-state index contributed by atoms with van der Waals surface area (Å²) in [7, 11) is 1.86. The lowest BCUT2D eigenvalue weighted by Crippen LogP contribution is -2.36. The number of amides is 1. The van der Waals surface area contributed by atoms with Gasteiger partial charge in [0.25, 0.3) is 5.91 Å². The molecule has 148 valence electrons. The lowest BCUT2D eigenvalue weighted by atomic mass is 10.0. The van der Waals surface area contributed by atoms with Crippen molar-refractivity contribution in [3.8, 4) is 11.3 Å². The van der Waals surface area contributed by atoms with Gasteiger partial charge >= 0.3 is 0 Å². The highest BCUT2D eigenvalue weighted by Gasteiger charge is 2.17. The van der Waals surface area contributed by atoms with Crippen LogP contribution in [0.2, 0.25) is 0 Å². The van der Waals surface area contributed by atoms with Gasteiger partial charge in [0.15, 0.2) is 0 Å². The predicted octanol–water partition coefficient (Wildman–Crippen LogP) is 3.27. The maximum atomic E-state index is 13.1. The highest BCUT2D eigenvalue weighted by molar-refractivity contribution is 6.07. The molecule has 1 amide bonds. The highest BCUT2D eigenvalue weighted by atomic mass is 16.1. The van der Waals surface area contributed by atoms with Gasteiger partial charge in [-0.2, -0.15) is 10.2 Å². The fourth-order valence-corrected chi connectivity index (χ4v) is 3.53. The van der Waals surface area contributed by atoms with Crippen LogP contribution in [0.1, 0.15) is 28.7 Å². The Bertz CT molecular complexity index is 1190. The maximum Gasteiger partial charge on any atom is 0.252 e. The zero-order valence-corrected chi connectivity index (χ0v) is 17.0. The van der Waals surface area contributed by atoms with Gasteiger partial charge in [-0.15, -0.1) is 0 Å². The van der Waals surface area contributed by atoms with Crippen LogP contribution < -0.4 is 5.32 Å². The number of nitrogens with zero attached hydrogens (tertiary/aromatic N) is 5. The second-order valence-electron chi connectivity index (χ2n) is 7.46. The minimum Gasteiger partial charge on any atom is -0.348 e. The molecule has 0 radical (unpaired) electrons. The van der Waals surface area contributed by atoms with E-state index < -0.39 is 0 Å². The Morgan fingerprint density at radius 3 is 2.69 bits per heavy atom. The van der Waals surface area contributed by atoms with E-state index in [9.17, 15) is 4.79 Å². The largest absolute Gasteiger partial charge is 0.348 e. The van der Waals surface area contributed by atoms with Crippen molar-refractivity contribution in [3.05, 3.63) is 65.7 Å². The quantitative estimate of drug-likeness (QED) is 0.569. The molecule has 0 bridgehead atoms. The Morgan fingerprint density at radius 1 is 1.21 bits per heavy atom. The first-order valence-electron chi connectivity index (χ1n) is 9.61. The molecule has 4 rings (SSSR count). The number of hydrogen-bond donors (Lipinski definition) is 1. The number of fused-ring (bicyclic) bond motifs is 1. The molecule has 0 fully saturated rings. The van der Waals surface area contributed by atoms with Gasteiger partial charge in [-0.05, 0) is 39.0 Å². The van der Waals surface area contributed by atoms with Crippen molar-refractivity contribution < 1.29 is 4.79 Å². The molecular weight excluding hydrogens is 364 g/mol. The van der Waals surface area contributed by atoms with Crippen molar-refractivity contribution in [2.75, 3.05) is 0 Å². The number of aromatic nitrogens is 5. The topological polar surface area (TPSA) is 77.6 Å². The normalized spacial score (nSPS) is 12.3. The average molecular weight is 388 g/mol. The van der Waals surface area contributed by atoms with E-state index in [0.29, 0.717) is 12.1 Å². The third-order valence-electron chi connectivity index (χ3n) is 4.89. The number of pyridine rings is 1. The van der Waals surface area contributed by atoms with Crippen molar-refractivity contribution >= 4 is 16.8 Å². The molecule has 0 aliphatic carbocycles. The third-order valence-corrected chi connectivity index (χ3v) is 4.89. The van der Waals surface area contributed by atoms with Crippen LogP contribution in [0, 0.1) is 13.8 Å². The van der Waals surface area contributed by atoms with Crippen molar-refractivity contribution in [3.63, 3.8) is 0 Å². The Labute approximate surface area is 169 Å². The Morgan fingerprint density at radius 2 is 2.00 bits per heavy atom. The molecule has 1 atom stereocenters. The van der Waals surface area contributed by atoms with E-state index in [1.165, 1.54) is 0 Å². The molecule has 3 heterocycles. The van der Waals surface area contributed by atoms with Crippen LogP contribution in [0.4, 0.5) is 0 Å². The van der Waals surface area contributed by atoms with Gasteiger partial charge in [-0.1, -0.05) is 18.2 Å². The molecule has 0 saturated heterocycles. The van der Waals surface area contributed by atoms with Crippen LogP contribution in [0.5, 0.6) is 0 Å². The number of aryl methyl sites for hydroxylation is 3. The smallest absolute Gasteiger partial charge is 0.252 e. The van der Waals surface area contributed by atoms with Gasteiger partial charge in [0.05, 0.1) is 35.2 Å². The van der Waals surface area contributed by atoms with Crippen LogP contribution in [0.15, 0.2) is 48.8 Å². The third kappa shape index (κ3) is 3.89. The van der Waals surface area contributed by atoms with E-state index in [1.807, 2.05) is 75.1 Å². The molecule has 29 heavy (non-hydrogen) atoms. The maximum absolute atomic E-state index is 13.1. The standard InChI is InChI=1S/C22H24N6O/c1-14-9-16(3)28(26-14)12-15(2)24-22(29)19-10-21(17-11-23-27(4)13-17)25-20-8-6-5-7-18(19)20/h5-11,13,15H,12H2,1-4H3,(H,24,29). The fourth-order valence-electron chi connectivity index (χ4n) is 3.53. The molecule has 7 heteroatoms. The summed E-state index contributed by atoms with van der Waals surface area (Å²) < 4.78 is 3.65. The lowest BCUT2D eigenvalue weighted by Gasteiger charge is -2.16. The van der Waals surface area contributed by atoms with E-state index in [1.54, 1.807) is 10.9 Å². The number of carbonyl (C=O) groups is 1. The van der Waals surface area contributed by atoms with Crippen LogP contribution in [0.25, 0.3) is 22.2 Å². The van der Waals surface area contributed by atoms with Crippen molar-refractivity contribution in [2.24, 2.45) is 7.05 Å². The summed E-state index contributed by atoms with van der Waals surface area (Å²) in [4.78, 5) is 17.9.